The van der Waals surface area contributed by atoms with Crippen molar-refractivity contribution in [1.29, 1.82) is 0 Å². The number of rotatable bonds is 9. The molecule has 8 aromatic rings. The zero-order chi connectivity index (χ0) is 38.1. The van der Waals surface area contributed by atoms with Gasteiger partial charge in [0.2, 0.25) is 6.03 Å². The molecule has 0 atom stereocenters. The smallest absolute Gasteiger partial charge is 0.221 e. The predicted molar refractivity (Wildman–Crippen MR) is 251 cm³/mol. The van der Waals surface area contributed by atoms with E-state index in [4.69, 9.17) is 0 Å². The maximum Gasteiger partial charge on any atom is 0.221 e. The van der Waals surface area contributed by atoms with E-state index in [-0.39, 0.29) is 6.03 Å². The molecule has 56 heavy (non-hydrogen) atoms. The number of benzene rings is 8. The Morgan fingerprint density at radius 2 is 0.411 bits per heavy atom. The van der Waals surface area contributed by atoms with Gasteiger partial charge in [-0.2, -0.15) is 0 Å². The van der Waals surface area contributed by atoms with Gasteiger partial charge in [-0.05, 0) is 14.1 Å². The number of hydrogen-bond acceptors (Lipinski definition) is 1. The van der Waals surface area contributed by atoms with E-state index in [1.807, 2.05) is 0 Å². The molecule has 0 N–H and O–H groups in total. The van der Waals surface area contributed by atoms with Gasteiger partial charge in [0.05, 0.1) is 0 Å². The highest BCUT2D eigenvalue weighted by Crippen LogP contribution is 2.46. The Kier molecular flexibility index (Phi) is 9.69. The first-order valence-corrected chi connectivity index (χ1v) is 30.9. The van der Waals surface area contributed by atoms with Crippen molar-refractivity contribution in [1.82, 2.24) is 4.81 Å². The molecule has 1 fully saturated rings. The summed E-state index contributed by atoms with van der Waals surface area (Å²) in [6, 6.07) is 96.2. The van der Waals surface area contributed by atoms with Gasteiger partial charge in [-0.1, -0.05) is 284 Å². The average molecular weight is 784 g/mol. The molecule has 1 aliphatic rings. The topological polar surface area (TPSA) is 3.24 Å². The van der Waals surface area contributed by atoms with Crippen LogP contribution in [-0.2, 0) is 0 Å². The lowest BCUT2D eigenvalue weighted by Crippen LogP contribution is -3.00. The SMILES string of the molecule is CN(C)B1[Si](c2ccccc2)(c2ccccc2)[Si](c2ccccc2)(c2ccccc2)[Si](c2ccccc2)(c2ccccc2)[Si]1(c1ccccc1)c1ccccc1. The minimum atomic E-state index is -3.24. The molecule has 1 nitrogen and oxygen atoms in total. The highest BCUT2D eigenvalue weighted by atomic mass is 29.8. The first-order chi connectivity index (χ1) is 27.7. The minimum absolute atomic E-state index is 0.212. The Hall–Kier alpha value is -5.35. The number of nitrogens with zero attached hydrogens (tertiary/aromatic N) is 1. The number of hydrogen-bond donors (Lipinski definition) is 0. The quantitative estimate of drug-likeness (QED) is 0.187. The summed E-state index contributed by atoms with van der Waals surface area (Å²) in [7, 11) is -7.91. The molecule has 0 aliphatic carbocycles. The van der Waals surface area contributed by atoms with Crippen LogP contribution in [0.1, 0.15) is 0 Å². The highest BCUT2D eigenvalue weighted by Gasteiger charge is 2.89. The van der Waals surface area contributed by atoms with E-state index in [0.29, 0.717) is 0 Å². The fraction of sp³-hybridized carbons (Fsp3) is 0.0400. The van der Waals surface area contributed by atoms with E-state index in [0.717, 1.165) is 0 Å². The van der Waals surface area contributed by atoms with E-state index >= 15 is 0 Å². The highest BCUT2D eigenvalue weighted by molar-refractivity contribution is 8.22. The zero-order valence-corrected chi connectivity index (χ0v) is 36.1. The Labute approximate surface area is 336 Å². The Bertz CT molecular complexity index is 2160. The summed E-state index contributed by atoms with van der Waals surface area (Å²) in [5.41, 5.74) is 0. The van der Waals surface area contributed by atoms with Gasteiger partial charge in [0.15, 0.2) is 0 Å². The van der Waals surface area contributed by atoms with Gasteiger partial charge in [0.1, 0.15) is 29.1 Å². The van der Waals surface area contributed by atoms with E-state index in [9.17, 15) is 0 Å². The van der Waals surface area contributed by atoms with Gasteiger partial charge in [-0.3, -0.25) is 0 Å². The van der Waals surface area contributed by atoms with Crippen LogP contribution >= 0.6 is 0 Å². The molecule has 0 saturated carbocycles. The van der Waals surface area contributed by atoms with Crippen LogP contribution in [0.5, 0.6) is 0 Å². The molecule has 270 valence electrons. The monoisotopic (exact) mass is 783 g/mol. The third-order valence-corrected chi connectivity index (χ3v) is 71.7. The lowest BCUT2D eigenvalue weighted by molar-refractivity contribution is 0.665. The molecule has 0 unspecified atom stereocenters. The van der Waals surface area contributed by atoms with Crippen LogP contribution in [0.3, 0.4) is 0 Å². The molecular weight excluding hydrogens is 738 g/mol. The summed E-state index contributed by atoms with van der Waals surface area (Å²) in [5, 5.41) is 12.4. The Morgan fingerprint density at radius 1 is 0.250 bits per heavy atom. The van der Waals surface area contributed by atoms with Crippen LogP contribution < -0.4 is 41.5 Å². The van der Waals surface area contributed by atoms with Gasteiger partial charge >= 0.3 is 0 Å². The summed E-state index contributed by atoms with van der Waals surface area (Å²) in [5.74, 6) is 0. The van der Waals surface area contributed by atoms with Gasteiger partial charge in [0, 0.05) is 0 Å². The van der Waals surface area contributed by atoms with Crippen molar-refractivity contribution in [2.75, 3.05) is 14.1 Å². The van der Waals surface area contributed by atoms with Crippen LogP contribution in [0, 0.1) is 0 Å². The fourth-order valence-corrected chi connectivity index (χ4v) is 109. The van der Waals surface area contributed by atoms with E-state index < -0.39 is 29.1 Å². The molecule has 1 saturated heterocycles. The van der Waals surface area contributed by atoms with Crippen molar-refractivity contribution in [2.24, 2.45) is 0 Å². The maximum absolute atomic E-state index is 3.24. The molecule has 0 spiro atoms. The van der Waals surface area contributed by atoms with E-state index in [1.165, 1.54) is 20.7 Å². The van der Waals surface area contributed by atoms with Gasteiger partial charge < -0.3 is 4.81 Å². The average Bonchev–Trinajstić information content (AvgIpc) is 3.53. The normalized spacial score (nSPS) is 16.4. The van der Waals surface area contributed by atoms with Crippen molar-refractivity contribution in [3.63, 3.8) is 0 Å². The molecular formula is C50H46BNSi4. The third-order valence-electron chi connectivity index (χ3n) is 12.8. The van der Waals surface area contributed by atoms with Gasteiger partial charge in [0.25, 0.3) is 0 Å². The first kappa shape index (κ1) is 36.3. The second-order valence-electron chi connectivity index (χ2n) is 15.4. The summed E-state index contributed by atoms with van der Waals surface area (Å²) >= 11 is 0. The maximum atomic E-state index is 2.76. The molecule has 1 heterocycles. The molecule has 8 aromatic carbocycles. The largest absolute Gasteiger partial charge is 0.351 e. The Morgan fingerprint density at radius 3 is 0.571 bits per heavy atom. The molecule has 6 heteroatoms. The fourth-order valence-electron chi connectivity index (χ4n) is 11.6. The Balaban J connectivity index is 1.75. The van der Waals surface area contributed by atoms with Crippen LogP contribution in [0.4, 0.5) is 0 Å². The lowest BCUT2D eigenvalue weighted by atomic mass is 10.3. The van der Waals surface area contributed by atoms with Crippen molar-refractivity contribution in [2.45, 2.75) is 0 Å². The van der Waals surface area contributed by atoms with Crippen LogP contribution in [0.25, 0.3) is 0 Å². The summed E-state index contributed by atoms with van der Waals surface area (Å²) in [6.45, 7) is 0. The predicted octanol–water partition coefficient (Wildman–Crippen LogP) is 5.00. The third kappa shape index (κ3) is 4.93. The van der Waals surface area contributed by atoms with E-state index in [1.54, 1.807) is 20.7 Å². The van der Waals surface area contributed by atoms with Crippen molar-refractivity contribution >= 4 is 76.7 Å². The molecule has 0 amide bonds. The molecule has 0 aromatic heterocycles. The second-order valence-corrected chi connectivity index (χ2v) is 44.7. The van der Waals surface area contributed by atoms with Crippen molar-refractivity contribution in [3.05, 3.63) is 243 Å². The van der Waals surface area contributed by atoms with E-state index in [2.05, 4.69) is 262 Å². The summed E-state index contributed by atoms with van der Waals surface area (Å²) in [4.78, 5) is 2.76. The minimum Gasteiger partial charge on any atom is -0.351 e. The van der Waals surface area contributed by atoms with Gasteiger partial charge in [-0.15, -0.1) is 0 Å². The van der Waals surface area contributed by atoms with Crippen LogP contribution in [-0.4, -0.2) is 54.1 Å². The lowest BCUT2D eigenvalue weighted by Gasteiger charge is -2.56. The zero-order valence-electron chi connectivity index (χ0n) is 32.1. The van der Waals surface area contributed by atoms with Crippen LogP contribution in [0.15, 0.2) is 243 Å². The molecule has 9 rings (SSSR count). The summed E-state index contributed by atoms with van der Waals surface area (Å²) < 4.78 is 0. The van der Waals surface area contributed by atoms with Crippen LogP contribution in [0.2, 0.25) is 0 Å². The van der Waals surface area contributed by atoms with Crippen molar-refractivity contribution < 1.29 is 0 Å². The van der Waals surface area contributed by atoms with Crippen molar-refractivity contribution in [3.8, 4) is 0 Å². The standard InChI is InChI=1S/C50H46BNSi4/c1-52(2)51-53(43-27-11-3-12-28-43,44-29-13-4-14-30-44)55(47-35-19-7-20-36-47,48-37-21-8-22-38-48)56(49-39-23-9-24-40-49,50-41-25-10-26-42-50)54(51,45-31-15-5-16-32-45)46-33-17-6-18-34-46/h3-42H,1-2H3. The first-order valence-electron chi connectivity index (χ1n) is 19.8. The molecule has 0 radical (unpaired) electrons. The second kappa shape index (κ2) is 15.0. The van der Waals surface area contributed by atoms with Gasteiger partial charge in [-0.25, -0.2) is 0 Å². The molecule has 0 bridgehead atoms. The molecule has 1 aliphatic heterocycles. The summed E-state index contributed by atoms with van der Waals surface area (Å²) in [6.07, 6.45) is 0.